The number of carbonyl (C=O) groups is 2. The van der Waals surface area contributed by atoms with E-state index in [-0.39, 0.29) is 25.0 Å². The van der Waals surface area contributed by atoms with Gasteiger partial charge in [-0.25, -0.2) is 0 Å². The van der Waals surface area contributed by atoms with Crippen molar-refractivity contribution in [2.45, 2.75) is 92.6 Å². The average Bonchev–Trinajstić information content (AvgIpc) is 3.92. The van der Waals surface area contributed by atoms with Gasteiger partial charge in [0.15, 0.2) is 5.60 Å². The molecule has 3 aromatic rings. The molecule has 1 aromatic heterocycles. The molecule has 5 aliphatic heterocycles. The molecule has 1 spiro atoms. The zero-order valence-electron chi connectivity index (χ0n) is 36.6. The lowest BCUT2D eigenvalue weighted by Gasteiger charge is -2.63. The summed E-state index contributed by atoms with van der Waals surface area (Å²) in [7, 11) is 0.277. The molecule has 18 heteroatoms. The Morgan fingerprint density at radius 1 is 1.03 bits per heavy atom. The Hall–Kier alpha value is -4.11. The van der Waals surface area contributed by atoms with Gasteiger partial charge in [-0.15, -0.1) is 0 Å². The van der Waals surface area contributed by atoms with Crippen LogP contribution in [0.1, 0.15) is 68.3 Å². The number of aromatic amines is 1. The van der Waals surface area contributed by atoms with Crippen LogP contribution in [0.15, 0.2) is 48.6 Å². The topological polar surface area (TPSA) is 251 Å². The first-order chi connectivity index (χ1) is 29.8. The van der Waals surface area contributed by atoms with Crippen LogP contribution in [0.25, 0.3) is 10.9 Å². The Morgan fingerprint density at radius 3 is 2.43 bits per heavy atom. The van der Waals surface area contributed by atoms with Crippen LogP contribution in [0.5, 0.6) is 5.75 Å². The minimum atomic E-state index is -4.67. The third-order valence-electron chi connectivity index (χ3n) is 15.6. The standard InChI is InChI=1S/C45H60N6O7.H2O4S/c1-6-41(55)23-27-24-44(40(54)58-5,35-29(13-19-50(25-27)26-41)28-11-8-9-12-32(28)48-35)31-21-30-33(22-34(31)57-4)49(3)37-43(30)15-20-51-18-10-14-42(7-2,36(43)51)38(52)45(37,56)39(53)47-17-16-46;1-5(2,3)4/h8-12,14,21-22,27,36-38,48,52,55-56H,6-7,13,15-20,23-26,46H2,1-5H3,(H,47,53);(H2,1,2,3,4)/t27-,36+,37-,38-,41+,42-,43-,44+,45+;/m1./s1. The van der Waals surface area contributed by atoms with E-state index in [0.717, 1.165) is 46.5 Å². The van der Waals surface area contributed by atoms with Gasteiger partial charge in [-0.1, -0.05) is 44.2 Å². The molecule has 1 amide bonds. The number of carbonyl (C=O) groups excluding carboxylic acids is 2. The van der Waals surface area contributed by atoms with Crippen LogP contribution in [0, 0.1) is 11.3 Å². The maximum atomic E-state index is 15.3. The summed E-state index contributed by atoms with van der Waals surface area (Å²) in [6, 6.07) is 11.1. The van der Waals surface area contributed by atoms with Crippen LogP contribution in [0.3, 0.4) is 0 Å². The van der Waals surface area contributed by atoms with Gasteiger partial charge in [-0.3, -0.25) is 28.5 Å². The smallest absolute Gasteiger partial charge is 0.394 e. The van der Waals surface area contributed by atoms with E-state index >= 15 is 4.79 Å². The summed E-state index contributed by atoms with van der Waals surface area (Å²) >= 11 is 0. The Bertz CT molecular complexity index is 2420. The highest BCUT2D eigenvalue weighted by Gasteiger charge is 2.78. The first-order valence-corrected chi connectivity index (χ1v) is 23.3. The van der Waals surface area contributed by atoms with Crippen molar-refractivity contribution in [1.82, 2.24) is 20.1 Å². The Labute approximate surface area is 368 Å². The van der Waals surface area contributed by atoms with Crippen LogP contribution in [0.4, 0.5) is 5.69 Å². The molecule has 10 atom stereocenters. The van der Waals surface area contributed by atoms with Gasteiger partial charge >= 0.3 is 16.4 Å². The van der Waals surface area contributed by atoms with Gasteiger partial charge in [0.25, 0.3) is 5.91 Å². The monoisotopic (exact) mass is 894 g/mol. The van der Waals surface area contributed by atoms with Crippen LogP contribution in [-0.4, -0.2) is 156 Å². The molecule has 2 bridgehead atoms. The van der Waals surface area contributed by atoms with Crippen molar-refractivity contribution in [3.8, 4) is 5.75 Å². The normalized spacial score (nSPS) is 35.5. The lowest BCUT2D eigenvalue weighted by molar-refractivity contribution is -0.203. The number of nitrogens with one attached hydrogen (secondary N) is 2. The number of hydrogen-bond donors (Lipinski definition) is 8. The molecular formula is C45H62N6O11S. The average molecular weight is 895 g/mol. The molecule has 9 N–H and O–H groups in total. The maximum Gasteiger partial charge on any atom is 0.394 e. The molecule has 1 unspecified atom stereocenters. The number of rotatable bonds is 8. The van der Waals surface area contributed by atoms with Gasteiger partial charge < -0.3 is 45.7 Å². The Kier molecular flexibility index (Phi) is 11.6. The highest BCUT2D eigenvalue weighted by atomic mass is 32.3. The number of ether oxygens (including phenoxy) is 2. The number of fused-ring (bicyclic) bond motifs is 6. The predicted molar refractivity (Wildman–Crippen MR) is 235 cm³/mol. The van der Waals surface area contributed by atoms with Crippen molar-refractivity contribution in [2.75, 3.05) is 72.0 Å². The van der Waals surface area contributed by atoms with Crippen LogP contribution in [-0.2, 0) is 42.0 Å². The SMILES string of the molecule is CC[C@]1(O)C[C@H]2CN(CCc3c([nH]c4ccccc34)[C@@](C(=O)OC)(c3cc4c(cc3OC)N(C)[C@H]3[C@@](O)(C(=O)NCCN)[C@H](O)[C@]5(CC)C=CCN6CC[C@]43[C@@H]65)C2)C1.O=S(=O)(O)O. The molecule has 2 aromatic carbocycles. The molecule has 3 fully saturated rings. The second kappa shape index (κ2) is 16.1. The van der Waals surface area contributed by atoms with Crippen molar-refractivity contribution >= 4 is 38.9 Å². The molecule has 344 valence electrons. The summed E-state index contributed by atoms with van der Waals surface area (Å²) in [5.41, 5.74) is 4.52. The summed E-state index contributed by atoms with van der Waals surface area (Å²) in [4.78, 5) is 40.3. The van der Waals surface area contributed by atoms with Crippen molar-refractivity contribution < 1.29 is 51.9 Å². The van der Waals surface area contributed by atoms with E-state index in [2.05, 4.69) is 38.3 Å². The van der Waals surface area contributed by atoms with E-state index in [1.165, 1.54) is 7.11 Å². The van der Waals surface area contributed by atoms with Gasteiger partial charge in [-0.2, -0.15) is 8.42 Å². The summed E-state index contributed by atoms with van der Waals surface area (Å²) in [5, 5.41) is 41.6. The first-order valence-electron chi connectivity index (χ1n) is 21.9. The second-order valence-electron chi connectivity index (χ2n) is 18.6. The number of para-hydroxylation sites is 1. The quantitative estimate of drug-likeness (QED) is 0.0910. The van der Waals surface area contributed by atoms with Crippen molar-refractivity contribution in [1.29, 1.82) is 0 Å². The molecule has 0 radical (unpaired) electrons. The molecule has 17 nitrogen and oxygen atoms in total. The van der Waals surface area contributed by atoms with E-state index in [1.54, 1.807) is 7.11 Å². The van der Waals surface area contributed by atoms with Crippen molar-refractivity contribution in [2.24, 2.45) is 17.1 Å². The maximum absolute atomic E-state index is 15.3. The summed E-state index contributed by atoms with van der Waals surface area (Å²) < 4.78 is 43.9. The number of aliphatic hydroxyl groups is 3. The summed E-state index contributed by atoms with van der Waals surface area (Å²) in [6.07, 6.45) is 5.89. The van der Waals surface area contributed by atoms with Gasteiger partial charge in [-0.05, 0) is 74.2 Å². The number of amides is 1. The number of esters is 1. The number of nitrogens with two attached hydrogens (primary N) is 1. The molecule has 9 rings (SSSR count). The van der Waals surface area contributed by atoms with Gasteiger partial charge in [0.2, 0.25) is 0 Å². The van der Waals surface area contributed by atoms with Gasteiger partial charge in [0.05, 0.1) is 25.9 Å². The number of piperidine rings is 1. The van der Waals surface area contributed by atoms with Crippen LogP contribution in [0.2, 0.25) is 0 Å². The minimum Gasteiger partial charge on any atom is -0.496 e. The Balaban J connectivity index is 0.00000103. The summed E-state index contributed by atoms with van der Waals surface area (Å²) in [6.45, 7) is 7.75. The number of likely N-dealkylation sites (N-methyl/N-ethyl adjacent to an activating group) is 1. The van der Waals surface area contributed by atoms with Crippen LogP contribution >= 0.6 is 0 Å². The van der Waals surface area contributed by atoms with E-state index < -0.39 is 61.9 Å². The Morgan fingerprint density at radius 2 is 1.76 bits per heavy atom. The van der Waals surface area contributed by atoms with E-state index in [9.17, 15) is 20.1 Å². The molecule has 1 saturated carbocycles. The van der Waals surface area contributed by atoms with E-state index in [0.29, 0.717) is 69.5 Å². The second-order valence-corrected chi connectivity index (χ2v) is 19.5. The fourth-order valence-electron chi connectivity index (χ4n) is 13.4. The molecular weight excluding hydrogens is 833 g/mol. The molecule has 1 aliphatic carbocycles. The molecule has 2 saturated heterocycles. The van der Waals surface area contributed by atoms with Gasteiger partial charge in [0.1, 0.15) is 17.3 Å². The summed E-state index contributed by atoms with van der Waals surface area (Å²) in [5.74, 6) is -0.682. The number of benzene rings is 2. The number of hydrogen-bond acceptors (Lipinski definition) is 13. The first kappa shape index (κ1) is 45.5. The number of methoxy groups -OCH3 is 2. The number of nitrogens with zero attached hydrogens (tertiary/aromatic N) is 3. The van der Waals surface area contributed by atoms with Crippen LogP contribution < -0.4 is 20.7 Å². The highest BCUT2D eigenvalue weighted by Crippen LogP contribution is 2.67. The highest BCUT2D eigenvalue weighted by molar-refractivity contribution is 7.79. The van der Waals surface area contributed by atoms with E-state index in [4.69, 9.17) is 32.7 Å². The third-order valence-corrected chi connectivity index (χ3v) is 15.6. The lowest BCUT2D eigenvalue weighted by atomic mass is 9.47. The molecule has 6 aliphatic rings. The number of aromatic nitrogens is 1. The number of anilines is 1. The largest absolute Gasteiger partial charge is 0.496 e. The van der Waals surface area contributed by atoms with E-state index in [1.807, 2.05) is 56.1 Å². The molecule has 6 heterocycles. The third kappa shape index (κ3) is 6.73. The lowest BCUT2D eigenvalue weighted by Crippen LogP contribution is -2.81. The van der Waals surface area contributed by atoms with Crippen molar-refractivity contribution in [3.63, 3.8) is 0 Å². The predicted octanol–water partition coefficient (Wildman–Crippen LogP) is 1.67. The van der Waals surface area contributed by atoms with Crippen molar-refractivity contribution in [3.05, 3.63) is 70.9 Å². The fraction of sp³-hybridized carbons (Fsp3) is 0.600. The zero-order chi connectivity index (χ0) is 45.5. The minimum absolute atomic E-state index is 0.0823. The zero-order valence-corrected chi connectivity index (χ0v) is 37.4. The number of aliphatic hydroxyl groups excluding tert-OH is 1. The molecule has 63 heavy (non-hydrogen) atoms. The fourth-order valence-corrected chi connectivity index (χ4v) is 13.4. The number of H-pyrrole nitrogens is 1. The van der Waals surface area contributed by atoms with Gasteiger partial charge in [0, 0.05) is 97.1 Å².